The zero-order valence-corrected chi connectivity index (χ0v) is 34.2. The molecule has 0 saturated heterocycles. The molecule has 0 saturated carbocycles. The SMILES string of the molecule is c1ccc(-c2ccc(-c3ccc(-n4c5ccccc5c5c(-c6ccc7c(c6)c6ccccc6n7-c6ccccc6-c6ccccc6)cccc54)c4oc5ccccc5c34)cc2)cc1. The van der Waals surface area contributed by atoms with Crippen LogP contribution in [0.3, 0.4) is 0 Å². The van der Waals surface area contributed by atoms with Gasteiger partial charge in [0.2, 0.25) is 0 Å². The minimum atomic E-state index is 0.874. The Kier molecular flexibility index (Phi) is 7.91. The Hall–Kier alpha value is -8.40. The van der Waals surface area contributed by atoms with Crippen molar-refractivity contribution in [3.8, 4) is 55.9 Å². The van der Waals surface area contributed by atoms with E-state index < -0.39 is 0 Å². The summed E-state index contributed by atoms with van der Waals surface area (Å²) in [5.41, 5.74) is 18.1. The number of nitrogens with zero attached hydrogens (tertiary/aromatic N) is 2. The van der Waals surface area contributed by atoms with E-state index in [-0.39, 0.29) is 0 Å². The van der Waals surface area contributed by atoms with Crippen LogP contribution in [0.15, 0.2) is 235 Å². The first-order valence-corrected chi connectivity index (χ1v) is 21.6. The summed E-state index contributed by atoms with van der Waals surface area (Å²) < 4.78 is 11.8. The highest BCUT2D eigenvalue weighted by Gasteiger charge is 2.23. The van der Waals surface area contributed by atoms with E-state index in [1.807, 2.05) is 0 Å². The standard InChI is InChI=1S/C60H38N2O/c1-3-16-39(17-4-1)40-30-32-42(33-31-40)46-35-37-56(60-59(46)49-23-10-14-29-57(49)63-60)62-53-27-13-9-22-48(53)58-45(24-15-28-55(58)62)43-34-36-54-50(38-43)47-21-8-12-26-52(47)61(54)51-25-11-7-20-44(51)41-18-5-2-6-19-41/h1-38H. The molecule has 3 nitrogen and oxygen atoms in total. The third kappa shape index (κ3) is 5.46. The van der Waals surface area contributed by atoms with E-state index in [4.69, 9.17) is 4.42 Å². The molecular formula is C60H38N2O. The molecule has 0 aliphatic heterocycles. The van der Waals surface area contributed by atoms with E-state index in [0.717, 1.165) is 49.8 Å². The molecule has 0 aliphatic rings. The summed E-state index contributed by atoms with van der Waals surface area (Å²) in [4.78, 5) is 0. The van der Waals surface area contributed by atoms with Crippen LogP contribution in [0.1, 0.15) is 0 Å². The molecule has 0 radical (unpaired) electrons. The molecule has 13 rings (SSSR count). The van der Waals surface area contributed by atoms with Crippen LogP contribution in [0.4, 0.5) is 0 Å². The molecule has 3 heteroatoms. The topological polar surface area (TPSA) is 23.0 Å². The van der Waals surface area contributed by atoms with Gasteiger partial charge in [-0.25, -0.2) is 0 Å². The van der Waals surface area contributed by atoms with Crippen molar-refractivity contribution in [2.75, 3.05) is 0 Å². The monoisotopic (exact) mass is 802 g/mol. The maximum Gasteiger partial charge on any atom is 0.160 e. The molecule has 10 aromatic carbocycles. The van der Waals surface area contributed by atoms with Gasteiger partial charge in [-0.2, -0.15) is 0 Å². The lowest BCUT2D eigenvalue weighted by Gasteiger charge is -2.14. The van der Waals surface area contributed by atoms with Crippen LogP contribution < -0.4 is 0 Å². The normalized spacial score (nSPS) is 11.8. The lowest BCUT2D eigenvalue weighted by atomic mass is 9.96. The van der Waals surface area contributed by atoms with Gasteiger partial charge in [-0.05, 0) is 87.5 Å². The molecule has 3 aromatic heterocycles. The van der Waals surface area contributed by atoms with Gasteiger partial charge in [0.05, 0.1) is 33.4 Å². The lowest BCUT2D eigenvalue weighted by molar-refractivity contribution is 0.666. The Morgan fingerprint density at radius 1 is 0.270 bits per heavy atom. The van der Waals surface area contributed by atoms with Crippen LogP contribution in [0.25, 0.3) is 121 Å². The van der Waals surface area contributed by atoms with Gasteiger partial charge in [-0.3, -0.25) is 0 Å². The summed E-state index contributed by atoms with van der Waals surface area (Å²) in [5.74, 6) is 0. The fourth-order valence-electron chi connectivity index (χ4n) is 10.2. The summed E-state index contributed by atoms with van der Waals surface area (Å²) in [7, 11) is 0. The van der Waals surface area contributed by atoms with Crippen LogP contribution in [-0.4, -0.2) is 9.13 Å². The van der Waals surface area contributed by atoms with Crippen molar-refractivity contribution in [2.45, 2.75) is 0 Å². The minimum Gasteiger partial charge on any atom is -0.454 e. The maximum atomic E-state index is 6.92. The summed E-state index contributed by atoms with van der Waals surface area (Å²) in [6.07, 6.45) is 0. The molecule has 0 amide bonds. The molecule has 294 valence electrons. The van der Waals surface area contributed by atoms with E-state index in [0.29, 0.717) is 0 Å². The van der Waals surface area contributed by atoms with Crippen LogP contribution in [0, 0.1) is 0 Å². The minimum absolute atomic E-state index is 0.874. The Bertz CT molecular complexity index is 3890. The van der Waals surface area contributed by atoms with Crippen LogP contribution in [-0.2, 0) is 0 Å². The quantitative estimate of drug-likeness (QED) is 0.164. The number of furan rings is 1. The van der Waals surface area contributed by atoms with E-state index in [1.165, 1.54) is 71.6 Å². The highest BCUT2D eigenvalue weighted by atomic mass is 16.3. The second kappa shape index (κ2) is 14.1. The van der Waals surface area contributed by atoms with E-state index in [2.05, 4.69) is 240 Å². The second-order valence-electron chi connectivity index (χ2n) is 16.4. The fraction of sp³-hybridized carbons (Fsp3) is 0. The van der Waals surface area contributed by atoms with Gasteiger partial charge in [0.15, 0.2) is 5.58 Å². The van der Waals surface area contributed by atoms with Gasteiger partial charge in [0.1, 0.15) is 5.58 Å². The van der Waals surface area contributed by atoms with Crippen LogP contribution in [0.2, 0.25) is 0 Å². The zero-order valence-electron chi connectivity index (χ0n) is 34.2. The zero-order chi connectivity index (χ0) is 41.4. The third-order valence-corrected chi connectivity index (χ3v) is 13.0. The number of hydrogen-bond acceptors (Lipinski definition) is 1. The number of para-hydroxylation sites is 4. The number of aromatic nitrogens is 2. The van der Waals surface area contributed by atoms with Crippen molar-refractivity contribution in [2.24, 2.45) is 0 Å². The first-order chi connectivity index (χ1) is 31.3. The molecule has 0 unspecified atom stereocenters. The van der Waals surface area contributed by atoms with Crippen LogP contribution >= 0.6 is 0 Å². The van der Waals surface area contributed by atoms with E-state index in [9.17, 15) is 0 Å². The second-order valence-corrected chi connectivity index (χ2v) is 16.4. The Morgan fingerprint density at radius 2 is 0.794 bits per heavy atom. The summed E-state index contributed by atoms with van der Waals surface area (Å²) >= 11 is 0. The summed E-state index contributed by atoms with van der Waals surface area (Å²) in [5, 5.41) is 7.10. The first-order valence-electron chi connectivity index (χ1n) is 21.6. The smallest absolute Gasteiger partial charge is 0.160 e. The highest BCUT2D eigenvalue weighted by molar-refractivity contribution is 6.20. The molecule has 63 heavy (non-hydrogen) atoms. The maximum absolute atomic E-state index is 6.92. The van der Waals surface area contributed by atoms with Gasteiger partial charge < -0.3 is 13.6 Å². The molecular weight excluding hydrogens is 765 g/mol. The number of fused-ring (bicyclic) bond motifs is 9. The van der Waals surface area contributed by atoms with Gasteiger partial charge in [0.25, 0.3) is 0 Å². The number of benzene rings is 10. The summed E-state index contributed by atoms with van der Waals surface area (Å²) in [6.45, 7) is 0. The van der Waals surface area contributed by atoms with Crippen molar-refractivity contribution in [3.05, 3.63) is 231 Å². The van der Waals surface area contributed by atoms with Crippen molar-refractivity contribution >= 4 is 65.6 Å². The molecule has 0 bridgehead atoms. The van der Waals surface area contributed by atoms with Gasteiger partial charge >= 0.3 is 0 Å². The van der Waals surface area contributed by atoms with Crippen molar-refractivity contribution in [1.29, 1.82) is 0 Å². The Morgan fingerprint density at radius 3 is 1.60 bits per heavy atom. The Balaban J connectivity index is 1.01. The average Bonchev–Trinajstić information content (AvgIpc) is 4.03. The molecule has 0 atom stereocenters. The molecule has 13 aromatic rings. The largest absolute Gasteiger partial charge is 0.454 e. The molecule has 0 spiro atoms. The summed E-state index contributed by atoms with van der Waals surface area (Å²) in [6, 6.07) is 83.2. The van der Waals surface area contributed by atoms with E-state index in [1.54, 1.807) is 0 Å². The fourth-order valence-corrected chi connectivity index (χ4v) is 10.2. The number of rotatable bonds is 6. The molecule has 0 aliphatic carbocycles. The van der Waals surface area contributed by atoms with Crippen LogP contribution in [0.5, 0.6) is 0 Å². The molecule has 0 fully saturated rings. The lowest BCUT2D eigenvalue weighted by Crippen LogP contribution is -1.97. The average molecular weight is 803 g/mol. The van der Waals surface area contributed by atoms with Gasteiger partial charge in [0, 0.05) is 37.9 Å². The van der Waals surface area contributed by atoms with Gasteiger partial charge in [-0.1, -0.05) is 182 Å². The third-order valence-electron chi connectivity index (χ3n) is 13.0. The van der Waals surface area contributed by atoms with Gasteiger partial charge in [-0.15, -0.1) is 0 Å². The van der Waals surface area contributed by atoms with E-state index >= 15 is 0 Å². The van der Waals surface area contributed by atoms with Crippen molar-refractivity contribution in [1.82, 2.24) is 9.13 Å². The highest BCUT2D eigenvalue weighted by Crippen LogP contribution is 2.45. The molecule has 3 heterocycles. The Labute approximate surface area is 363 Å². The van der Waals surface area contributed by atoms with Crippen molar-refractivity contribution < 1.29 is 4.42 Å². The van der Waals surface area contributed by atoms with Crippen molar-refractivity contribution in [3.63, 3.8) is 0 Å². The first kappa shape index (κ1) is 35.4. The number of hydrogen-bond donors (Lipinski definition) is 0. The predicted octanol–water partition coefficient (Wildman–Crippen LogP) is 16.4. The predicted molar refractivity (Wildman–Crippen MR) is 264 cm³/mol. The molecule has 0 N–H and O–H groups in total.